The highest BCUT2D eigenvalue weighted by molar-refractivity contribution is 7.80. The van der Waals surface area contributed by atoms with Crippen molar-refractivity contribution in [2.24, 2.45) is 0 Å². The average Bonchev–Trinajstić information content (AvgIpc) is 3.43. The molecule has 1 saturated heterocycles. The molecule has 0 amide bonds. The van der Waals surface area contributed by atoms with Crippen LogP contribution in [0.5, 0.6) is 5.75 Å². The topological polar surface area (TPSA) is 85.5 Å². The van der Waals surface area contributed by atoms with Crippen LogP contribution in [0.25, 0.3) is 5.69 Å². The van der Waals surface area contributed by atoms with E-state index in [1.54, 1.807) is 12.3 Å². The van der Waals surface area contributed by atoms with Crippen molar-refractivity contribution in [1.82, 2.24) is 14.9 Å². The summed E-state index contributed by atoms with van der Waals surface area (Å²) in [5, 5.41) is 15.5. The molecule has 0 unspecified atom stereocenters. The standard InChI is InChI=1S/C30H31N5O3S/c1-18(2)21-9-11-22(12-10-21)34-29(28(32-30(34)39)25-8-6-7-15-31-25)24-16-19(3)33(20(24)4)26-14-13-23(35(36)37)17-27(26)38-5/h6-18,28-29H,1-5H3,(H,32,39)/t28-,29-/m0/s1. The highest BCUT2D eigenvalue weighted by Gasteiger charge is 2.42. The van der Waals surface area contributed by atoms with Crippen LogP contribution in [0.4, 0.5) is 11.4 Å². The van der Waals surface area contributed by atoms with E-state index in [1.165, 1.54) is 24.8 Å². The summed E-state index contributed by atoms with van der Waals surface area (Å²) in [6, 6.07) is 20.9. The lowest BCUT2D eigenvalue weighted by molar-refractivity contribution is -0.384. The maximum absolute atomic E-state index is 11.4. The van der Waals surface area contributed by atoms with E-state index in [4.69, 9.17) is 17.0 Å². The van der Waals surface area contributed by atoms with Crippen molar-refractivity contribution in [2.75, 3.05) is 12.0 Å². The summed E-state index contributed by atoms with van der Waals surface area (Å²) >= 11 is 5.91. The van der Waals surface area contributed by atoms with Crippen LogP contribution in [-0.4, -0.2) is 26.7 Å². The van der Waals surface area contributed by atoms with E-state index in [2.05, 4.69) is 70.9 Å². The van der Waals surface area contributed by atoms with Crippen LogP contribution < -0.4 is 15.0 Å². The van der Waals surface area contributed by atoms with Crippen molar-refractivity contribution >= 4 is 28.7 Å². The number of nitro groups is 1. The van der Waals surface area contributed by atoms with Crippen molar-refractivity contribution in [2.45, 2.75) is 45.7 Å². The van der Waals surface area contributed by atoms with Crippen LogP contribution in [0.1, 0.15) is 60.1 Å². The lowest BCUT2D eigenvalue weighted by Gasteiger charge is -2.28. The number of benzene rings is 2. The third-order valence-corrected chi connectivity index (χ3v) is 7.65. The number of anilines is 1. The van der Waals surface area contributed by atoms with Gasteiger partial charge in [-0.3, -0.25) is 15.1 Å². The number of non-ortho nitro benzene ring substituents is 1. The highest BCUT2D eigenvalue weighted by Crippen LogP contribution is 2.44. The first-order valence-corrected chi connectivity index (χ1v) is 13.2. The molecule has 0 spiro atoms. The second kappa shape index (κ2) is 10.5. The summed E-state index contributed by atoms with van der Waals surface area (Å²) in [6.45, 7) is 8.44. The Bertz CT molecular complexity index is 1530. The Morgan fingerprint density at radius 3 is 2.44 bits per heavy atom. The smallest absolute Gasteiger partial charge is 0.273 e. The van der Waals surface area contributed by atoms with Gasteiger partial charge in [-0.05, 0) is 79.5 Å². The molecule has 0 bridgehead atoms. The van der Waals surface area contributed by atoms with Gasteiger partial charge in [0, 0.05) is 29.3 Å². The monoisotopic (exact) mass is 541 g/mol. The first-order valence-electron chi connectivity index (χ1n) is 12.8. The minimum Gasteiger partial charge on any atom is -0.494 e. The van der Waals surface area contributed by atoms with Crippen LogP contribution >= 0.6 is 12.2 Å². The largest absolute Gasteiger partial charge is 0.494 e. The molecule has 39 heavy (non-hydrogen) atoms. The van der Waals surface area contributed by atoms with Gasteiger partial charge >= 0.3 is 0 Å². The molecule has 0 radical (unpaired) electrons. The Kier molecular flexibility index (Phi) is 7.10. The molecule has 9 heteroatoms. The zero-order valence-corrected chi connectivity index (χ0v) is 23.4. The quantitative estimate of drug-likeness (QED) is 0.158. The lowest BCUT2D eigenvalue weighted by atomic mass is 9.96. The fraction of sp³-hybridized carbons (Fsp3) is 0.267. The summed E-state index contributed by atoms with van der Waals surface area (Å²) < 4.78 is 7.66. The summed E-state index contributed by atoms with van der Waals surface area (Å²) in [7, 11) is 1.52. The molecule has 2 aromatic heterocycles. The van der Waals surface area contributed by atoms with E-state index in [0.29, 0.717) is 16.8 Å². The van der Waals surface area contributed by atoms with Gasteiger partial charge in [0.05, 0.1) is 41.6 Å². The van der Waals surface area contributed by atoms with Gasteiger partial charge in [-0.1, -0.05) is 32.0 Å². The number of pyridine rings is 1. The maximum Gasteiger partial charge on any atom is 0.273 e. The fourth-order valence-electron chi connectivity index (χ4n) is 5.39. The van der Waals surface area contributed by atoms with Crippen molar-refractivity contribution in [1.29, 1.82) is 0 Å². The van der Waals surface area contributed by atoms with E-state index >= 15 is 0 Å². The number of nitro benzene ring substituents is 1. The number of aryl methyl sites for hydroxylation is 1. The summed E-state index contributed by atoms with van der Waals surface area (Å²) in [5.41, 5.74) is 6.90. The number of nitrogens with one attached hydrogen (secondary N) is 1. The molecule has 200 valence electrons. The molecule has 1 aliphatic heterocycles. The Labute approximate surface area is 233 Å². The maximum atomic E-state index is 11.4. The number of methoxy groups -OCH3 is 1. The minimum absolute atomic E-state index is 0.0186. The fourth-order valence-corrected chi connectivity index (χ4v) is 5.74. The molecule has 4 aromatic rings. The summed E-state index contributed by atoms with van der Waals surface area (Å²) in [6.07, 6.45) is 1.79. The molecule has 1 aliphatic rings. The zero-order valence-electron chi connectivity index (χ0n) is 22.6. The lowest BCUT2D eigenvalue weighted by Crippen LogP contribution is -2.29. The predicted molar refractivity (Wildman–Crippen MR) is 157 cm³/mol. The van der Waals surface area contributed by atoms with E-state index in [0.717, 1.165) is 34.0 Å². The Morgan fingerprint density at radius 2 is 1.82 bits per heavy atom. The first-order chi connectivity index (χ1) is 18.7. The normalized spacial score (nSPS) is 17.0. The molecule has 3 heterocycles. The average molecular weight is 542 g/mol. The molecule has 5 rings (SSSR count). The Morgan fingerprint density at radius 1 is 1.08 bits per heavy atom. The van der Waals surface area contributed by atoms with Crippen LogP contribution in [0, 0.1) is 24.0 Å². The van der Waals surface area contributed by atoms with Gasteiger partial charge in [0.15, 0.2) is 5.11 Å². The second-order valence-corrected chi connectivity index (χ2v) is 10.4. The van der Waals surface area contributed by atoms with Crippen LogP contribution in [-0.2, 0) is 0 Å². The molecule has 8 nitrogen and oxygen atoms in total. The number of nitrogens with zero attached hydrogens (tertiary/aromatic N) is 4. The van der Waals surface area contributed by atoms with Gasteiger partial charge in [0.1, 0.15) is 5.75 Å². The molecular formula is C30H31N5O3S. The predicted octanol–water partition coefficient (Wildman–Crippen LogP) is 6.71. The van der Waals surface area contributed by atoms with E-state index in [-0.39, 0.29) is 17.8 Å². The van der Waals surface area contributed by atoms with Crippen molar-refractivity contribution in [3.05, 3.63) is 111 Å². The number of hydrogen-bond donors (Lipinski definition) is 1. The molecule has 0 saturated carbocycles. The zero-order chi connectivity index (χ0) is 27.8. The number of hydrogen-bond acceptors (Lipinski definition) is 5. The van der Waals surface area contributed by atoms with Gasteiger partial charge in [-0.2, -0.15) is 0 Å². The number of aromatic nitrogens is 2. The van der Waals surface area contributed by atoms with E-state index in [9.17, 15) is 10.1 Å². The molecule has 1 fully saturated rings. The summed E-state index contributed by atoms with van der Waals surface area (Å²) in [5.74, 6) is 0.857. The number of rotatable bonds is 7. The molecule has 2 aromatic carbocycles. The molecular weight excluding hydrogens is 510 g/mol. The van der Waals surface area contributed by atoms with Crippen LogP contribution in [0.15, 0.2) is 72.9 Å². The first kappa shape index (κ1) is 26.4. The van der Waals surface area contributed by atoms with Crippen LogP contribution in [0.2, 0.25) is 0 Å². The Hall–Kier alpha value is -4.24. The van der Waals surface area contributed by atoms with Gasteiger partial charge in [0.25, 0.3) is 5.69 Å². The SMILES string of the molecule is COc1cc([N+](=O)[O-])ccc1-n1c(C)cc([C@H]2[C@H](c3ccccn3)NC(=S)N2c2ccc(C(C)C)cc2)c1C. The van der Waals surface area contributed by atoms with Crippen molar-refractivity contribution < 1.29 is 9.66 Å². The summed E-state index contributed by atoms with van der Waals surface area (Å²) in [4.78, 5) is 17.8. The number of thiocarbonyl (C=S) groups is 1. The third kappa shape index (κ3) is 4.74. The Balaban J connectivity index is 1.66. The third-order valence-electron chi connectivity index (χ3n) is 7.34. The molecule has 0 aliphatic carbocycles. The van der Waals surface area contributed by atoms with E-state index < -0.39 is 4.92 Å². The van der Waals surface area contributed by atoms with Gasteiger partial charge in [-0.25, -0.2) is 0 Å². The van der Waals surface area contributed by atoms with Gasteiger partial charge in [0.2, 0.25) is 0 Å². The van der Waals surface area contributed by atoms with Gasteiger partial charge < -0.3 is 19.5 Å². The van der Waals surface area contributed by atoms with Crippen molar-refractivity contribution in [3.8, 4) is 11.4 Å². The van der Waals surface area contributed by atoms with Crippen molar-refractivity contribution in [3.63, 3.8) is 0 Å². The molecule has 2 atom stereocenters. The highest BCUT2D eigenvalue weighted by atomic mass is 32.1. The minimum atomic E-state index is -0.419. The second-order valence-electron chi connectivity index (χ2n) is 10.0. The number of ether oxygens (including phenoxy) is 1. The van der Waals surface area contributed by atoms with Gasteiger partial charge in [-0.15, -0.1) is 0 Å². The molecule has 1 N–H and O–H groups in total. The van der Waals surface area contributed by atoms with Crippen LogP contribution in [0.3, 0.4) is 0 Å². The van der Waals surface area contributed by atoms with E-state index in [1.807, 2.05) is 25.1 Å².